The number of benzene rings is 1. The van der Waals surface area contributed by atoms with Gasteiger partial charge < -0.3 is 21.8 Å². The summed E-state index contributed by atoms with van der Waals surface area (Å²) in [7, 11) is 2.02. The van der Waals surface area contributed by atoms with Crippen molar-refractivity contribution in [3.63, 3.8) is 0 Å². The number of hydrogen-bond acceptors (Lipinski definition) is 4. The molecule has 1 amide bonds. The van der Waals surface area contributed by atoms with Gasteiger partial charge in [-0.1, -0.05) is 32.9 Å². The molecule has 9 nitrogen and oxygen atoms in total. The van der Waals surface area contributed by atoms with Crippen LogP contribution in [0.3, 0.4) is 0 Å². The minimum Gasteiger partial charge on any atom is -0.390 e. The Morgan fingerprint density at radius 2 is 2.00 bits per heavy atom. The number of nitrogens with one attached hydrogen (secondary N) is 2. The summed E-state index contributed by atoms with van der Waals surface area (Å²) in [6.07, 6.45) is 5.40. The fraction of sp³-hybridized carbons (Fsp3) is 0.440. The zero-order valence-electron chi connectivity index (χ0n) is 20.5. The van der Waals surface area contributed by atoms with Crippen molar-refractivity contribution in [2.24, 2.45) is 31.9 Å². The lowest BCUT2D eigenvalue weighted by Gasteiger charge is -2.31. The first kappa shape index (κ1) is 25.3. The molecule has 1 fully saturated rings. The third-order valence-electron chi connectivity index (χ3n) is 5.88. The standard InChI is InChI=1S/C25H36N8O/c1-25(2,3)24(34)32-22(27)17-6-5-7-20(14-17)31-23(30-16-26)21-18(8-11-29-21)15-33-12-9-19(28-4)10-13-33/h5-8,11,14,16,19,28-29H,9-10,12-13,15H2,1-4H3,(H2,26,30,31)(H2,27,32,34). The molecule has 1 aliphatic heterocycles. The van der Waals surface area contributed by atoms with Crippen molar-refractivity contribution < 1.29 is 4.79 Å². The number of H-pyrrole nitrogens is 1. The van der Waals surface area contributed by atoms with Gasteiger partial charge in [0.1, 0.15) is 5.84 Å². The second-order valence-corrected chi connectivity index (χ2v) is 9.53. The first-order valence-electron chi connectivity index (χ1n) is 11.6. The van der Waals surface area contributed by atoms with Gasteiger partial charge in [0.05, 0.1) is 17.7 Å². The average Bonchev–Trinajstić information content (AvgIpc) is 3.27. The van der Waals surface area contributed by atoms with Crippen LogP contribution in [0.4, 0.5) is 5.69 Å². The van der Waals surface area contributed by atoms with Crippen LogP contribution in [0.15, 0.2) is 51.5 Å². The van der Waals surface area contributed by atoms with E-state index < -0.39 is 5.41 Å². The van der Waals surface area contributed by atoms with Gasteiger partial charge >= 0.3 is 0 Å². The fourth-order valence-corrected chi connectivity index (χ4v) is 3.78. The molecular weight excluding hydrogens is 428 g/mol. The summed E-state index contributed by atoms with van der Waals surface area (Å²) in [5, 5.41) is 3.37. The molecule has 3 rings (SSSR count). The minimum atomic E-state index is -0.601. The molecule has 182 valence electrons. The van der Waals surface area contributed by atoms with Gasteiger partial charge in [0.2, 0.25) is 0 Å². The summed E-state index contributed by atoms with van der Waals surface area (Å²) in [6.45, 7) is 8.30. The van der Waals surface area contributed by atoms with E-state index in [9.17, 15) is 4.79 Å². The normalized spacial score (nSPS) is 16.9. The van der Waals surface area contributed by atoms with Crippen LogP contribution < -0.4 is 16.8 Å². The second kappa shape index (κ2) is 11.2. The van der Waals surface area contributed by atoms with E-state index in [1.54, 1.807) is 32.9 Å². The number of aromatic nitrogens is 1. The first-order valence-corrected chi connectivity index (χ1v) is 11.6. The molecule has 1 saturated heterocycles. The summed E-state index contributed by atoms with van der Waals surface area (Å²) in [5.41, 5.74) is 14.3. The van der Waals surface area contributed by atoms with Gasteiger partial charge in [0.25, 0.3) is 5.91 Å². The molecule has 1 aromatic carbocycles. The molecule has 2 heterocycles. The van der Waals surface area contributed by atoms with Crippen LogP contribution in [0.2, 0.25) is 0 Å². The number of carbonyl (C=O) groups is 1. The third-order valence-corrected chi connectivity index (χ3v) is 5.88. The molecule has 0 saturated carbocycles. The quantitative estimate of drug-likeness (QED) is 0.385. The van der Waals surface area contributed by atoms with Crippen molar-refractivity contribution in [1.29, 1.82) is 0 Å². The van der Waals surface area contributed by atoms with E-state index in [0.29, 0.717) is 23.1 Å². The SMILES string of the molecule is CNC1CCN(Cc2cc[nH]c2C(N=CN)=Nc2cccc(C(N)=NC(=O)C(C)(C)C)c2)CC1. The maximum atomic E-state index is 12.2. The summed E-state index contributed by atoms with van der Waals surface area (Å²) in [5.74, 6) is 0.361. The van der Waals surface area contributed by atoms with Crippen molar-refractivity contribution in [2.75, 3.05) is 20.1 Å². The van der Waals surface area contributed by atoms with Crippen molar-refractivity contribution in [3.05, 3.63) is 53.3 Å². The highest BCUT2D eigenvalue weighted by Gasteiger charge is 2.22. The number of likely N-dealkylation sites (tertiary alicyclic amines) is 1. The van der Waals surface area contributed by atoms with E-state index in [0.717, 1.165) is 43.7 Å². The van der Waals surface area contributed by atoms with Crippen LogP contribution in [0.5, 0.6) is 0 Å². The molecule has 1 aliphatic rings. The molecule has 0 spiro atoms. The van der Waals surface area contributed by atoms with Gasteiger partial charge in [-0.3, -0.25) is 9.69 Å². The van der Waals surface area contributed by atoms with E-state index >= 15 is 0 Å². The molecule has 0 aliphatic carbocycles. The van der Waals surface area contributed by atoms with E-state index in [2.05, 4.69) is 31.3 Å². The molecule has 0 radical (unpaired) electrons. The van der Waals surface area contributed by atoms with Crippen LogP contribution in [-0.4, -0.2) is 60.0 Å². The molecule has 6 N–H and O–H groups in total. The molecule has 1 aromatic heterocycles. The number of carbonyl (C=O) groups excluding carboxylic acids is 1. The zero-order valence-corrected chi connectivity index (χ0v) is 20.5. The Kier molecular flexibility index (Phi) is 8.36. The number of piperidine rings is 1. The maximum Gasteiger partial charge on any atom is 0.252 e. The summed E-state index contributed by atoms with van der Waals surface area (Å²) in [4.78, 5) is 31.1. The van der Waals surface area contributed by atoms with E-state index in [1.807, 2.05) is 25.4 Å². The number of rotatable bonds is 6. The Bertz CT molecular complexity index is 1070. The highest BCUT2D eigenvalue weighted by Crippen LogP contribution is 2.21. The smallest absolute Gasteiger partial charge is 0.252 e. The van der Waals surface area contributed by atoms with Crippen LogP contribution in [0.1, 0.15) is 50.4 Å². The maximum absolute atomic E-state index is 12.2. The van der Waals surface area contributed by atoms with Crippen molar-refractivity contribution in [3.8, 4) is 0 Å². The Morgan fingerprint density at radius 3 is 2.65 bits per heavy atom. The van der Waals surface area contributed by atoms with Crippen LogP contribution in [-0.2, 0) is 11.3 Å². The molecule has 0 bridgehead atoms. The van der Waals surface area contributed by atoms with Gasteiger partial charge in [0, 0.05) is 29.8 Å². The van der Waals surface area contributed by atoms with Crippen molar-refractivity contribution >= 4 is 29.6 Å². The van der Waals surface area contributed by atoms with Crippen LogP contribution in [0.25, 0.3) is 0 Å². The molecule has 9 heteroatoms. The molecule has 0 unspecified atom stereocenters. The topological polar surface area (TPSA) is 137 Å². The summed E-state index contributed by atoms with van der Waals surface area (Å²) < 4.78 is 0. The summed E-state index contributed by atoms with van der Waals surface area (Å²) >= 11 is 0. The molecule has 34 heavy (non-hydrogen) atoms. The van der Waals surface area contributed by atoms with Crippen molar-refractivity contribution in [2.45, 2.75) is 46.2 Å². The Hall–Kier alpha value is -3.30. The number of nitrogens with two attached hydrogens (primary N) is 2. The molecule has 0 atom stereocenters. The second-order valence-electron chi connectivity index (χ2n) is 9.53. The lowest BCUT2D eigenvalue weighted by molar-refractivity contribution is -0.124. The molecule has 2 aromatic rings. The minimum absolute atomic E-state index is 0.159. The predicted octanol–water partition coefficient (Wildman–Crippen LogP) is 2.54. The highest BCUT2D eigenvalue weighted by atomic mass is 16.1. The van der Waals surface area contributed by atoms with Crippen LogP contribution >= 0.6 is 0 Å². The third kappa shape index (κ3) is 6.61. The largest absolute Gasteiger partial charge is 0.390 e. The van der Waals surface area contributed by atoms with Crippen molar-refractivity contribution in [1.82, 2.24) is 15.2 Å². The average molecular weight is 465 g/mol. The first-order chi connectivity index (χ1) is 16.2. The Morgan fingerprint density at radius 1 is 1.26 bits per heavy atom. The monoisotopic (exact) mass is 464 g/mol. The van der Waals surface area contributed by atoms with E-state index in [-0.39, 0.29) is 11.7 Å². The number of aliphatic imine (C=N–C) groups is 3. The van der Waals surface area contributed by atoms with Gasteiger partial charge in [0.15, 0.2) is 5.84 Å². The lowest BCUT2D eigenvalue weighted by atomic mass is 9.96. The number of hydrogen-bond donors (Lipinski definition) is 4. The molecular formula is C25H36N8O. The number of nitrogens with zero attached hydrogens (tertiary/aromatic N) is 4. The predicted molar refractivity (Wildman–Crippen MR) is 139 cm³/mol. The van der Waals surface area contributed by atoms with Gasteiger partial charge in [-0.25, -0.2) is 9.98 Å². The number of aromatic amines is 1. The zero-order chi connectivity index (χ0) is 24.7. The Labute approximate surface area is 201 Å². The van der Waals surface area contributed by atoms with E-state index in [1.165, 1.54) is 6.34 Å². The lowest BCUT2D eigenvalue weighted by Crippen LogP contribution is -2.40. The Balaban J connectivity index is 1.85. The van der Waals surface area contributed by atoms with Crippen LogP contribution in [0, 0.1) is 5.41 Å². The number of amides is 1. The van der Waals surface area contributed by atoms with Gasteiger partial charge in [-0.15, -0.1) is 0 Å². The highest BCUT2D eigenvalue weighted by molar-refractivity contribution is 6.06. The van der Waals surface area contributed by atoms with E-state index in [4.69, 9.17) is 16.5 Å². The number of amidine groups is 2. The summed E-state index contributed by atoms with van der Waals surface area (Å²) in [6, 6.07) is 9.90. The van der Waals surface area contributed by atoms with Gasteiger partial charge in [-0.05, 0) is 56.7 Å². The fourth-order valence-electron chi connectivity index (χ4n) is 3.78. The van der Waals surface area contributed by atoms with Gasteiger partial charge in [-0.2, -0.15) is 4.99 Å².